The summed E-state index contributed by atoms with van der Waals surface area (Å²) in [7, 11) is 0. The fourth-order valence-corrected chi connectivity index (χ4v) is 2.35. The van der Waals surface area contributed by atoms with Gasteiger partial charge in [-0.05, 0) is 25.5 Å². The van der Waals surface area contributed by atoms with Crippen molar-refractivity contribution >= 4 is 17.6 Å². The molecular weight excluding hydrogens is 244 g/mol. The molecule has 1 fully saturated rings. The normalized spacial score (nSPS) is 19.2. The number of carbonyl (C=O) groups is 2. The molecule has 0 aromatic carbocycles. The maximum Gasteiger partial charge on any atom is 0.254 e. The fourth-order valence-electron chi connectivity index (χ4n) is 2.35. The third kappa shape index (κ3) is 2.67. The van der Waals surface area contributed by atoms with Crippen molar-refractivity contribution in [2.75, 3.05) is 18.8 Å². The van der Waals surface area contributed by atoms with E-state index in [1.807, 2.05) is 6.92 Å². The number of piperazine rings is 1. The summed E-state index contributed by atoms with van der Waals surface area (Å²) in [6, 6.07) is 2.84. The number of hydrogen-bond acceptors (Lipinski definition) is 4. The number of aryl methyl sites for hydroxylation is 1. The Hall–Kier alpha value is -2.11. The van der Waals surface area contributed by atoms with Crippen LogP contribution in [0.5, 0.6) is 0 Å². The second-order valence-electron chi connectivity index (χ2n) is 4.64. The second kappa shape index (κ2) is 5.26. The molecule has 2 amide bonds. The lowest BCUT2D eigenvalue weighted by molar-refractivity contribution is -0.127. The lowest BCUT2D eigenvalue weighted by Crippen LogP contribution is -2.56. The van der Waals surface area contributed by atoms with E-state index in [0.29, 0.717) is 36.6 Å². The molecule has 3 N–H and O–H groups in total. The van der Waals surface area contributed by atoms with Gasteiger partial charge in [-0.2, -0.15) is 0 Å². The van der Waals surface area contributed by atoms with E-state index in [1.54, 1.807) is 24.0 Å². The fraction of sp³-hybridized carbons (Fsp3) is 0.462. The second-order valence-corrected chi connectivity index (χ2v) is 4.64. The highest BCUT2D eigenvalue weighted by Gasteiger charge is 2.32. The van der Waals surface area contributed by atoms with E-state index >= 15 is 0 Å². The zero-order valence-electron chi connectivity index (χ0n) is 11.1. The van der Waals surface area contributed by atoms with Crippen LogP contribution in [0.2, 0.25) is 0 Å². The van der Waals surface area contributed by atoms with E-state index in [-0.39, 0.29) is 11.8 Å². The van der Waals surface area contributed by atoms with Gasteiger partial charge in [-0.1, -0.05) is 6.92 Å². The first kappa shape index (κ1) is 13.3. The summed E-state index contributed by atoms with van der Waals surface area (Å²) in [5.41, 5.74) is 6.84. The maximum atomic E-state index is 12.5. The molecule has 1 aromatic rings. The Morgan fingerprint density at radius 3 is 2.95 bits per heavy atom. The molecule has 0 aliphatic carbocycles. The monoisotopic (exact) mass is 262 g/mol. The smallest absolute Gasteiger partial charge is 0.254 e. The van der Waals surface area contributed by atoms with Gasteiger partial charge in [0.05, 0.1) is 0 Å². The number of nitrogens with zero attached hydrogens (tertiary/aromatic N) is 2. The molecule has 1 aliphatic heterocycles. The molecule has 6 heteroatoms. The molecule has 2 rings (SSSR count). The first-order valence-electron chi connectivity index (χ1n) is 6.35. The van der Waals surface area contributed by atoms with Crippen LogP contribution in [-0.2, 0) is 4.79 Å². The molecule has 1 atom stereocenters. The van der Waals surface area contributed by atoms with E-state index < -0.39 is 6.04 Å². The zero-order valence-corrected chi connectivity index (χ0v) is 11.1. The van der Waals surface area contributed by atoms with Gasteiger partial charge in [0.1, 0.15) is 11.9 Å². The maximum absolute atomic E-state index is 12.5. The molecule has 0 spiro atoms. The molecule has 1 aromatic heterocycles. The van der Waals surface area contributed by atoms with Crippen LogP contribution in [0.1, 0.15) is 29.4 Å². The Labute approximate surface area is 112 Å². The summed E-state index contributed by atoms with van der Waals surface area (Å²) >= 11 is 0. The highest BCUT2D eigenvalue weighted by molar-refractivity contribution is 5.98. The van der Waals surface area contributed by atoms with Crippen molar-refractivity contribution in [3.05, 3.63) is 23.4 Å². The number of hydrogen-bond donors (Lipinski definition) is 2. The summed E-state index contributed by atoms with van der Waals surface area (Å²) in [5.74, 6) is 0.0533. The number of nitrogens with two attached hydrogens (primary N) is 1. The molecule has 1 saturated heterocycles. The van der Waals surface area contributed by atoms with Gasteiger partial charge in [-0.15, -0.1) is 0 Å². The Kier molecular flexibility index (Phi) is 3.69. The number of amides is 2. The average Bonchev–Trinajstić information content (AvgIpc) is 2.36. The summed E-state index contributed by atoms with van der Waals surface area (Å²) in [5, 5.41) is 2.77. The Balaban J connectivity index is 2.29. The van der Waals surface area contributed by atoms with Crippen LogP contribution >= 0.6 is 0 Å². The first-order valence-corrected chi connectivity index (χ1v) is 6.35. The Bertz CT molecular complexity index is 495. The van der Waals surface area contributed by atoms with Crippen molar-refractivity contribution in [3.8, 4) is 0 Å². The van der Waals surface area contributed by atoms with Crippen molar-refractivity contribution in [1.82, 2.24) is 15.2 Å². The molecule has 0 saturated carbocycles. The van der Waals surface area contributed by atoms with Gasteiger partial charge in [0.25, 0.3) is 5.91 Å². The van der Waals surface area contributed by atoms with E-state index in [0.717, 1.165) is 0 Å². The number of carbonyl (C=O) groups excluding carboxylic acids is 2. The Morgan fingerprint density at radius 1 is 1.58 bits per heavy atom. The molecule has 1 aliphatic rings. The molecule has 102 valence electrons. The predicted molar refractivity (Wildman–Crippen MR) is 71.5 cm³/mol. The minimum Gasteiger partial charge on any atom is -0.384 e. The predicted octanol–water partition coefficient (Wildman–Crippen LogP) is 0.323. The van der Waals surface area contributed by atoms with Crippen LogP contribution in [0, 0.1) is 6.92 Å². The quantitative estimate of drug-likeness (QED) is 0.803. The molecule has 0 bridgehead atoms. The number of aromatic nitrogens is 1. The summed E-state index contributed by atoms with van der Waals surface area (Å²) in [6.45, 7) is 4.68. The number of rotatable bonds is 2. The lowest BCUT2D eigenvalue weighted by atomic mass is 10.1. The van der Waals surface area contributed by atoms with Crippen LogP contribution in [0.4, 0.5) is 5.82 Å². The third-order valence-corrected chi connectivity index (χ3v) is 3.20. The molecular formula is C13H18N4O2. The molecule has 6 nitrogen and oxygen atoms in total. The van der Waals surface area contributed by atoms with Crippen LogP contribution in [0.3, 0.4) is 0 Å². The Morgan fingerprint density at radius 2 is 2.32 bits per heavy atom. The standard InChI is InChI=1S/C13H18N4O2/c1-3-10-12(18)15-4-5-17(10)13(19)9-6-8(2)16-11(14)7-9/h6-7,10H,3-5H2,1-2H3,(H2,14,16)(H,15,18). The van der Waals surface area contributed by atoms with Crippen LogP contribution < -0.4 is 11.1 Å². The molecule has 19 heavy (non-hydrogen) atoms. The summed E-state index contributed by atoms with van der Waals surface area (Å²) in [6.07, 6.45) is 0.594. The summed E-state index contributed by atoms with van der Waals surface area (Å²) in [4.78, 5) is 29.9. The minimum atomic E-state index is -0.407. The van der Waals surface area contributed by atoms with Crippen LogP contribution in [0.15, 0.2) is 12.1 Å². The van der Waals surface area contributed by atoms with E-state index in [9.17, 15) is 9.59 Å². The van der Waals surface area contributed by atoms with Crippen molar-refractivity contribution in [2.45, 2.75) is 26.3 Å². The average molecular weight is 262 g/mol. The topological polar surface area (TPSA) is 88.3 Å². The van der Waals surface area contributed by atoms with Gasteiger partial charge in [-0.25, -0.2) is 4.98 Å². The van der Waals surface area contributed by atoms with Gasteiger partial charge in [0.15, 0.2) is 0 Å². The minimum absolute atomic E-state index is 0.0964. The number of nitrogen functional groups attached to an aromatic ring is 1. The van der Waals surface area contributed by atoms with Crippen LogP contribution in [0.25, 0.3) is 0 Å². The van der Waals surface area contributed by atoms with E-state index in [2.05, 4.69) is 10.3 Å². The van der Waals surface area contributed by atoms with Gasteiger partial charge >= 0.3 is 0 Å². The van der Waals surface area contributed by atoms with Gasteiger partial charge < -0.3 is 16.0 Å². The summed E-state index contributed by atoms with van der Waals surface area (Å²) < 4.78 is 0. The molecule has 1 unspecified atom stereocenters. The van der Waals surface area contributed by atoms with E-state index in [4.69, 9.17) is 5.73 Å². The number of pyridine rings is 1. The van der Waals surface area contributed by atoms with Crippen molar-refractivity contribution in [1.29, 1.82) is 0 Å². The molecule has 0 radical (unpaired) electrons. The first-order chi connectivity index (χ1) is 9.02. The lowest BCUT2D eigenvalue weighted by Gasteiger charge is -2.34. The van der Waals surface area contributed by atoms with Gasteiger partial charge in [0, 0.05) is 24.3 Å². The van der Waals surface area contributed by atoms with Crippen LogP contribution in [-0.4, -0.2) is 40.8 Å². The van der Waals surface area contributed by atoms with E-state index in [1.165, 1.54) is 0 Å². The van der Waals surface area contributed by atoms with Crippen molar-refractivity contribution < 1.29 is 9.59 Å². The number of anilines is 1. The zero-order chi connectivity index (χ0) is 14.0. The number of nitrogens with one attached hydrogen (secondary N) is 1. The largest absolute Gasteiger partial charge is 0.384 e. The highest BCUT2D eigenvalue weighted by atomic mass is 16.2. The van der Waals surface area contributed by atoms with Gasteiger partial charge in [0.2, 0.25) is 5.91 Å². The third-order valence-electron chi connectivity index (χ3n) is 3.20. The van der Waals surface area contributed by atoms with Crippen molar-refractivity contribution in [3.63, 3.8) is 0 Å². The van der Waals surface area contributed by atoms with Crippen molar-refractivity contribution in [2.24, 2.45) is 0 Å². The van der Waals surface area contributed by atoms with Gasteiger partial charge in [-0.3, -0.25) is 9.59 Å². The highest BCUT2D eigenvalue weighted by Crippen LogP contribution is 2.15. The SMILES string of the molecule is CCC1C(=O)NCCN1C(=O)c1cc(C)nc(N)c1. The molecule has 2 heterocycles.